The van der Waals surface area contributed by atoms with Crippen LogP contribution in [0.5, 0.6) is 0 Å². The van der Waals surface area contributed by atoms with Crippen molar-refractivity contribution in [1.29, 1.82) is 0 Å². The lowest BCUT2D eigenvalue weighted by atomic mass is 10.1. The fourth-order valence-corrected chi connectivity index (χ4v) is 4.69. The summed E-state index contributed by atoms with van der Waals surface area (Å²) in [6, 6.07) is 12.8. The number of rotatable bonds is 4. The van der Waals surface area contributed by atoms with Crippen molar-refractivity contribution in [2.75, 3.05) is 4.90 Å². The van der Waals surface area contributed by atoms with E-state index in [1.165, 1.54) is 11.3 Å². The molecule has 4 rings (SSSR count). The fraction of sp³-hybridized carbons (Fsp3) is 0.136. The number of amides is 1. The summed E-state index contributed by atoms with van der Waals surface area (Å²) >= 11 is 13.9. The van der Waals surface area contributed by atoms with Crippen LogP contribution in [-0.4, -0.2) is 15.9 Å². The summed E-state index contributed by atoms with van der Waals surface area (Å²) in [6.07, 6.45) is 3.44. The Labute approximate surface area is 182 Å². The molecule has 4 aromatic rings. The number of hydrogen-bond donors (Lipinski definition) is 0. The fourth-order valence-electron chi connectivity index (χ4n) is 3.18. The summed E-state index contributed by atoms with van der Waals surface area (Å²) in [4.78, 5) is 24.1. The largest absolute Gasteiger partial charge is 0.279 e. The van der Waals surface area contributed by atoms with E-state index in [-0.39, 0.29) is 5.91 Å². The van der Waals surface area contributed by atoms with Crippen LogP contribution in [0.15, 0.2) is 54.9 Å². The van der Waals surface area contributed by atoms with E-state index in [9.17, 15) is 4.79 Å². The van der Waals surface area contributed by atoms with E-state index in [4.69, 9.17) is 28.2 Å². The molecule has 0 saturated heterocycles. The summed E-state index contributed by atoms with van der Waals surface area (Å²) < 4.78 is 1.04. The lowest BCUT2D eigenvalue weighted by Crippen LogP contribution is -2.30. The van der Waals surface area contributed by atoms with E-state index in [1.807, 2.05) is 19.1 Å². The zero-order valence-electron chi connectivity index (χ0n) is 15.8. The highest BCUT2D eigenvalue weighted by atomic mass is 35.5. The van der Waals surface area contributed by atoms with Crippen molar-refractivity contribution in [3.63, 3.8) is 0 Å². The lowest BCUT2D eigenvalue weighted by Gasteiger charge is -2.20. The predicted octanol–water partition coefficient (Wildman–Crippen LogP) is 6.46. The quantitative estimate of drug-likeness (QED) is 0.364. The first-order valence-corrected chi connectivity index (χ1v) is 10.5. The minimum atomic E-state index is -0.255. The molecule has 0 saturated carbocycles. The Kier molecular flexibility index (Phi) is 5.54. The molecule has 146 valence electrons. The number of halogens is 2. The summed E-state index contributed by atoms with van der Waals surface area (Å²) in [5.74, 6) is -0.255. The van der Waals surface area contributed by atoms with Gasteiger partial charge in [-0.15, -0.1) is 0 Å². The normalized spacial score (nSPS) is 11.0. The standard InChI is InChI=1S/C22H17Cl2N3OS/c1-13-8-14(2)20-19(9-13)29-22(26-20)27(12-15-4-3-7-25-11-15)21(28)17-10-16(23)5-6-18(17)24/h3-11H,12H2,1-2H3. The molecule has 2 aromatic heterocycles. The van der Waals surface area contributed by atoms with Gasteiger partial charge in [0.2, 0.25) is 0 Å². The molecule has 29 heavy (non-hydrogen) atoms. The lowest BCUT2D eigenvalue weighted by molar-refractivity contribution is 0.0985. The third kappa shape index (κ3) is 4.13. The molecule has 0 spiro atoms. The maximum atomic E-state index is 13.5. The number of pyridine rings is 1. The molecule has 2 heterocycles. The second-order valence-corrected chi connectivity index (χ2v) is 8.65. The van der Waals surface area contributed by atoms with Crippen molar-refractivity contribution in [1.82, 2.24) is 9.97 Å². The van der Waals surface area contributed by atoms with E-state index >= 15 is 0 Å². The molecule has 0 bridgehead atoms. The minimum Gasteiger partial charge on any atom is -0.279 e. The number of aromatic nitrogens is 2. The van der Waals surface area contributed by atoms with Crippen molar-refractivity contribution in [2.24, 2.45) is 0 Å². The van der Waals surface area contributed by atoms with Gasteiger partial charge in [0.15, 0.2) is 5.13 Å². The van der Waals surface area contributed by atoms with Crippen LogP contribution >= 0.6 is 34.5 Å². The second kappa shape index (κ2) is 8.11. The second-order valence-electron chi connectivity index (χ2n) is 6.80. The molecule has 2 aromatic carbocycles. The van der Waals surface area contributed by atoms with Gasteiger partial charge >= 0.3 is 0 Å². The first-order valence-electron chi connectivity index (χ1n) is 8.96. The first-order chi connectivity index (χ1) is 13.9. The Morgan fingerprint density at radius 3 is 2.72 bits per heavy atom. The highest BCUT2D eigenvalue weighted by Gasteiger charge is 2.24. The van der Waals surface area contributed by atoms with Crippen LogP contribution in [0, 0.1) is 13.8 Å². The maximum absolute atomic E-state index is 13.5. The van der Waals surface area contributed by atoms with Gasteiger partial charge in [-0.1, -0.05) is 46.7 Å². The van der Waals surface area contributed by atoms with Crippen LogP contribution in [0.4, 0.5) is 5.13 Å². The molecule has 0 atom stereocenters. The third-order valence-electron chi connectivity index (χ3n) is 4.52. The van der Waals surface area contributed by atoms with Gasteiger partial charge in [-0.3, -0.25) is 14.7 Å². The number of aryl methyl sites for hydroxylation is 2. The minimum absolute atomic E-state index is 0.255. The number of nitrogens with zero attached hydrogens (tertiary/aromatic N) is 3. The van der Waals surface area contributed by atoms with Gasteiger partial charge in [0.05, 0.1) is 27.3 Å². The molecule has 0 N–H and O–H groups in total. The summed E-state index contributed by atoms with van der Waals surface area (Å²) in [7, 11) is 0. The number of carbonyl (C=O) groups excluding carboxylic acids is 1. The highest BCUT2D eigenvalue weighted by Crippen LogP contribution is 2.34. The molecule has 0 fully saturated rings. The van der Waals surface area contributed by atoms with Gasteiger partial charge < -0.3 is 0 Å². The Balaban J connectivity index is 1.83. The summed E-state index contributed by atoms with van der Waals surface area (Å²) in [5.41, 5.74) is 4.38. The molecule has 7 heteroatoms. The Morgan fingerprint density at radius 1 is 1.14 bits per heavy atom. The molecular formula is C22H17Cl2N3OS. The Bertz CT molecular complexity index is 1210. The van der Waals surface area contributed by atoms with Gasteiger partial charge in [0, 0.05) is 17.4 Å². The summed E-state index contributed by atoms with van der Waals surface area (Å²) in [6.45, 7) is 4.41. The number of fused-ring (bicyclic) bond motifs is 1. The molecule has 0 aliphatic carbocycles. The van der Waals surface area contributed by atoms with Crippen molar-refractivity contribution in [3.05, 3.63) is 87.2 Å². The van der Waals surface area contributed by atoms with Gasteiger partial charge in [0.1, 0.15) is 0 Å². The molecule has 0 aliphatic heterocycles. The number of benzene rings is 2. The topological polar surface area (TPSA) is 46.1 Å². The highest BCUT2D eigenvalue weighted by molar-refractivity contribution is 7.22. The zero-order chi connectivity index (χ0) is 20.5. The molecule has 0 aliphatic rings. The van der Waals surface area contributed by atoms with Crippen LogP contribution < -0.4 is 4.90 Å². The summed E-state index contributed by atoms with van der Waals surface area (Å²) in [5, 5.41) is 1.41. The van der Waals surface area contributed by atoms with E-state index in [0.717, 1.165) is 26.9 Å². The number of carbonyl (C=O) groups is 1. The van der Waals surface area contributed by atoms with Crippen molar-refractivity contribution in [2.45, 2.75) is 20.4 Å². The average molecular weight is 442 g/mol. The van der Waals surface area contributed by atoms with Gasteiger partial charge in [-0.05, 0) is 60.9 Å². The molecule has 0 radical (unpaired) electrons. The van der Waals surface area contributed by atoms with Gasteiger partial charge in [0.25, 0.3) is 5.91 Å². The maximum Gasteiger partial charge on any atom is 0.261 e. The van der Waals surface area contributed by atoms with Crippen LogP contribution in [-0.2, 0) is 6.54 Å². The predicted molar refractivity (Wildman–Crippen MR) is 120 cm³/mol. The van der Waals surface area contributed by atoms with Crippen molar-refractivity contribution >= 4 is 55.8 Å². The molecule has 1 amide bonds. The molecule has 0 unspecified atom stereocenters. The zero-order valence-corrected chi connectivity index (χ0v) is 18.1. The van der Waals surface area contributed by atoms with Crippen LogP contribution in [0.25, 0.3) is 10.2 Å². The van der Waals surface area contributed by atoms with E-state index in [0.29, 0.717) is 27.3 Å². The van der Waals surface area contributed by atoms with Crippen molar-refractivity contribution in [3.8, 4) is 0 Å². The van der Waals surface area contributed by atoms with E-state index < -0.39 is 0 Å². The van der Waals surface area contributed by atoms with Gasteiger partial charge in [-0.2, -0.15) is 0 Å². The van der Waals surface area contributed by atoms with Crippen LogP contribution in [0.1, 0.15) is 27.0 Å². The Hall–Kier alpha value is -2.47. The third-order valence-corrected chi connectivity index (χ3v) is 6.11. The van der Waals surface area contributed by atoms with Crippen LogP contribution in [0.3, 0.4) is 0 Å². The van der Waals surface area contributed by atoms with Crippen molar-refractivity contribution < 1.29 is 4.79 Å². The Morgan fingerprint density at radius 2 is 1.97 bits per heavy atom. The number of anilines is 1. The van der Waals surface area contributed by atoms with Crippen LogP contribution in [0.2, 0.25) is 10.0 Å². The van der Waals surface area contributed by atoms with E-state index in [2.05, 4.69) is 24.0 Å². The number of thiazole rings is 1. The monoisotopic (exact) mass is 441 g/mol. The van der Waals surface area contributed by atoms with Gasteiger partial charge in [-0.25, -0.2) is 4.98 Å². The van der Waals surface area contributed by atoms with E-state index in [1.54, 1.807) is 35.5 Å². The smallest absolute Gasteiger partial charge is 0.261 e. The average Bonchev–Trinajstić information content (AvgIpc) is 3.12. The number of hydrogen-bond acceptors (Lipinski definition) is 4. The SMILES string of the molecule is Cc1cc(C)c2nc(N(Cc3cccnc3)C(=O)c3cc(Cl)ccc3Cl)sc2c1. The first kappa shape index (κ1) is 19.8. The molecule has 4 nitrogen and oxygen atoms in total. The molecular weight excluding hydrogens is 425 g/mol.